The van der Waals surface area contributed by atoms with E-state index in [1.54, 1.807) is 0 Å². The Balaban J connectivity index is 2.41. The van der Waals surface area contributed by atoms with E-state index in [1.165, 1.54) is 0 Å². The largest absolute Gasteiger partial charge is 0.324 e. The molecule has 60 valence electrons. The summed E-state index contributed by atoms with van der Waals surface area (Å²) in [4.78, 5) is 2.06. The second kappa shape index (κ2) is 2.84. The zero-order chi connectivity index (χ0) is 7.72. The molecule has 10 heavy (non-hydrogen) atoms. The van der Waals surface area contributed by atoms with Gasteiger partial charge in [0.1, 0.15) is 6.17 Å². The third-order valence-electron chi connectivity index (χ3n) is 2.05. The zero-order valence-electron chi connectivity index (χ0n) is 6.55. The Morgan fingerprint density at radius 3 is 2.30 bits per heavy atom. The number of alkyl halides is 1. The Bertz CT molecular complexity index is 106. The van der Waals surface area contributed by atoms with Crippen LogP contribution in [0, 0.1) is 0 Å². The lowest BCUT2D eigenvalue weighted by Gasteiger charge is -2.18. The summed E-state index contributed by atoms with van der Waals surface area (Å²) in [5, 5.41) is 0. The van der Waals surface area contributed by atoms with Gasteiger partial charge in [-0.05, 0) is 13.8 Å². The SMILES string of the molecule is CC(C)N1CC(N)C(F)C1. The highest BCUT2D eigenvalue weighted by Gasteiger charge is 2.30. The summed E-state index contributed by atoms with van der Waals surface area (Å²) in [7, 11) is 0. The smallest absolute Gasteiger partial charge is 0.129 e. The van der Waals surface area contributed by atoms with Crippen LogP contribution < -0.4 is 5.73 Å². The highest BCUT2D eigenvalue weighted by atomic mass is 19.1. The average molecular weight is 146 g/mol. The maximum Gasteiger partial charge on any atom is 0.129 e. The molecule has 1 aliphatic heterocycles. The highest BCUT2D eigenvalue weighted by Crippen LogP contribution is 2.13. The van der Waals surface area contributed by atoms with Gasteiger partial charge < -0.3 is 5.73 Å². The summed E-state index contributed by atoms with van der Waals surface area (Å²) >= 11 is 0. The van der Waals surface area contributed by atoms with Crippen LogP contribution in [0.3, 0.4) is 0 Å². The summed E-state index contributed by atoms with van der Waals surface area (Å²) in [6, 6.07) is 0.161. The normalized spacial score (nSPS) is 35.7. The molecule has 2 N–H and O–H groups in total. The molecule has 0 amide bonds. The van der Waals surface area contributed by atoms with Crippen molar-refractivity contribution in [1.29, 1.82) is 0 Å². The quantitative estimate of drug-likeness (QED) is 0.579. The Morgan fingerprint density at radius 1 is 1.50 bits per heavy atom. The molecule has 0 radical (unpaired) electrons. The topological polar surface area (TPSA) is 29.3 Å². The van der Waals surface area contributed by atoms with Crippen LogP contribution in [-0.4, -0.2) is 36.2 Å². The lowest BCUT2D eigenvalue weighted by Crippen LogP contribution is -2.32. The minimum absolute atomic E-state index is 0.262. The highest BCUT2D eigenvalue weighted by molar-refractivity contribution is 4.87. The second-order valence-corrected chi connectivity index (χ2v) is 3.23. The zero-order valence-corrected chi connectivity index (χ0v) is 6.55. The van der Waals surface area contributed by atoms with E-state index in [-0.39, 0.29) is 6.04 Å². The summed E-state index contributed by atoms with van der Waals surface area (Å²) in [5.74, 6) is 0. The number of rotatable bonds is 1. The number of likely N-dealkylation sites (tertiary alicyclic amines) is 1. The molecule has 0 spiro atoms. The van der Waals surface area contributed by atoms with E-state index < -0.39 is 6.17 Å². The summed E-state index contributed by atoms with van der Waals surface area (Å²) < 4.78 is 12.8. The van der Waals surface area contributed by atoms with Crippen LogP contribution in [0.2, 0.25) is 0 Å². The lowest BCUT2D eigenvalue weighted by molar-refractivity contribution is 0.245. The monoisotopic (exact) mass is 146 g/mol. The van der Waals surface area contributed by atoms with E-state index in [2.05, 4.69) is 18.7 Å². The van der Waals surface area contributed by atoms with E-state index in [4.69, 9.17) is 5.73 Å². The Morgan fingerprint density at radius 2 is 2.10 bits per heavy atom. The summed E-state index contributed by atoms with van der Waals surface area (Å²) in [5.41, 5.74) is 5.49. The van der Waals surface area contributed by atoms with Crippen molar-refractivity contribution in [3.05, 3.63) is 0 Å². The fourth-order valence-electron chi connectivity index (χ4n) is 1.24. The number of nitrogens with two attached hydrogens (primary N) is 1. The number of halogens is 1. The molecule has 3 heteroatoms. The molecule has 0 aromatic rings. The van der Waals surface area contributed by atoms with Crippen molar-refractivity contribution in [3.63, 3.8) is 0 Å². The number of hydrogen-bond donors (Lipinski definition) is 1. The first-order chi connectivity index (χ1) is 4.61. The van der Waals surface area contributed by atoms with Gasteiger partial charge in [-0.2, -0.15) is 0 Å². The van der Waals surface area contributed by atoms with Gasteiger partial charge in [-0.1, -0.05) is 0 Å². The van der Waals surface area contributed by atoms with E-state index >= 15 is 0 Å². The van der Waals surface area contributed by atoms with Crippen LogP contribution in [0.1, 0.15) is 13.8 Å². The molecule has 0 aromatic carbocycles. The fraction of sp³-hybridized carbons (Fsp3) is 1.00. The van der Waals surface area contributed by atoms with E-state index in [0.717, 1.165) is 0 Å². The standard InChI is InChI=1S/C7H15FN2/c1-5(2)10-3-6(8)7(9)4-10/h5-7H,3-4,9H2,1-2H3. The maximum absolute atomic E-state index is 12.8. The molecule has 1 aliphatic rings. The van der Waals surface area contributed by atoms with Crippen LogP contribution in [0.4, 0.5) is 4.39 Å². The van der Waals surface area contributed by atoms with E-state index in [9.17, 15) is 4.39 Å². The van der Waals surface area contributed by atoms with Crippen LogP contribution >= 0.6 is 0 Å². The number of nitrogens with zero attached hydrogens (tertiary/aromatic N) is 1. The minimum atomic E-state index is -0.817. The van der Waals surface area contributed by atoms with Crippen molar-refractivity contribution in [1.82, 2.24) is 4.90 Å². The molecule has 0 aromatic heterocycles. The molecular weight excluding hydrogens is 131 g/mol. The van der Waals surface area contributed by atoms with Crippen LogP contribution in [-0.2, 0) is 0 Å². The third kappa shape index (κ3) is 1.47. The van der Waals surface area contributed by atoms with Gasteiger partial charge >= 0.3 is 0 Å². The molecule has 1 saturated heterocycles. The van der Waals surface area contributed by atoms with Gasteiger partial charge in [0, 0.05) is 25.2 Å². The van der Waals surface area contributed by atoms with Crippen molar-refractivity contribution in [2.75, 3.05) is 13.1 Å². The molecule has 0 aliphatic carbocycles. The van der Waals surface area contributed by atoms with Gasteiger partial charge in [-0.3, -0.25) is 4.90 Å². The van der Waals surface area contributed by atoms with Gasteiger partial charge in [-0.15, -0.1) is 0 Å². The van der Waals surface area contributed by atoms with Gasteiger partial charge in [0.2, 0.25) is 0 Å². The van der Waals surface area contributed by atoms with Gasteiger partial charge in [0.25, 0.3) is 0 Å². The van der Waals surface area contributed by atoms with Gasteiger partial charge in [0.15, 0.2) is 0 Å². The molecule has 2 atom stereocenters. The van der Waals surface area contributed by atoms with Crippen LogP contribution in [0.5, 0.6) is 0 Å². The molecule has 2 nitrogen and oxygen atoms in total. The Kier molecular flexibility index (Phi) is 2.26. The Labute approximate surface area is 61.2 Å². The molecule has 2 unspecified atom stereocenters. The van der Waals surface area contributed by atoms with Crippen molar-refractivity contribution >= 4 is 0 Å². The van der Waals surface area contributed by atoms with Crippen molar-refractivity contribution in [2.24, 2.45) is 5.73 Å². The number of hydrogen-bond acceptors (Lipinski definition) is 2. The average Bonchev–Trinajstić information content (AvgIpc) is 2.13. The maximum atomic E-state index is 12.8. The molecule has 1 fully saturated rings. The summed E-state index contributed by atoms with van der Waals surface area (Å²) in [6.07, 6.45) is -0.817. The van der Waals surface area contributed by atoms with Crippen molar-refractivity contribution < 1.29 is 4.39 Å². The Hall–Kier alpha value is -0.150. The first-order valence-corrected chi connectivity index (χ1v) is 3.75. The van der Waals surface area contributed by atoms with Gasteiger partial charge in [0.05, 0.1) is 0 Å². The lowest BCUT2D eigenvalue weighted by atomic mass is 10.2. The first-order valence-electron chi connectivity index (χ1n) is 3.75. The van der Waals surface area contributed by atoms with Crippen molar-refractivity contribution in [3.8, 4) is 0 Å². The van der Waals surface area contributed by atoms with Crippen LogP contribution in [0.25, 0.3) is 0 Å². The van der Waals surface area contributed by atoms with Crippen molar-refractivity contribution in [2.45, 2.75) is 32.1 Å². The molecule has 1 rings (SSSR count). The van der Waals surface area contributed by atoms with Crippen LogP contribution in [0.15, 0.2) is 0 Å². The molecule has 0 bridgehead atoms. The molecular formula is C7H15FN2. The molecule has 0 saturated carbocycles. The predicted octanol–water partition coefficient (Wildman–Crippen LogP) is 0.376. The predicted molar refractivity (Wildman–Crippen MR) is 39.6 cm³/mol. The second-order valence-electron chi connectivity index (χ2n) is 3.23. The van der Waals surface area contributed by atoms with Gasteiger partial charge in [-0.25, -0.2) is 4.39 Å². The first kappa shape index (κ1) is 7.95. The molecule has 1 heterocycles. The minimum Gasteiger partial charge on any atom is -0.324 e. The van der Waals surface area contributed by atoms with E-state index in [1.807, 2.05) is 0 Å². The van der Waals surface area contributed by atoms with E-state index in [0.29, 0.717) is 19.1 Å². The summed E-state index contributed by atoms with van der Waals surface area (Å²) in [6.45, 7) is 5.34. The fourth-order valence-corrected chi connectivity index (χ4v) is 1.24. The third-order valence-corrected chi connectivity index (χ3v) is 2.05.